The minimum atomic E-state index is -1.20. The molecule has 2 aromatic rings. The topological polar surface area (TPSA) is 46.6 Å². The molecule has 1 heterocycles. The number of nitrogens with zero attached hydrogens (tertiary/aromatic N) is 2. The van der Waals surface area contributed by atoms with Crippen molar-refractivity contribution in [1.29, 1.82) is 0 Å². The zero-order chi connectivity index (χ0) is 19.0. The summed E-state index contributed by atoms with van der Waals surface area (Å²) in [6.45, 7) is 2.37. The van der Waals surface area contributed by atoms with Gasteiger partial charge in [0.25, 0.3) is 0 Å². The van der Waals surface area contributed by atoms with E-state index in [1.54, 1.807) is 18.2 Å². The molecule has 27 heavy (non-hydrogen) atoms. The van der Waals surface area contributed by atoms with Crippen molar-refractivity contribution >= 4 is 35.0 Å². The number of rotatable bonds is 5. The van der Waals surface area contributed by atoms with Crippen LogP contribution in [0.2, 0.25) is 10.0 Å². The maximum atomic E-state index is 11.8. The molecular formula is C21H21Cl2N2O2-. The maximum absolute atomic E-state index is 11.8. The Bertz CT molecular complexity index is 830. The van der Waals surface area contributed by atoms with Crippen molar-refractivity contribution in [1.82, 2.24) is 4.90 Å². The molecule has 2 aliphatic rings. The molecule has 0 spiro atoms. The molecule has 1 saturated carbocycles. The number of halogens is 2. The third-order valence-corrected chi connectivity index (χ3v) is 6.67. The van der Waals surface area contributed by atoms with E-state index in [1.807, 2.05) is 6.07 Å². The van der Waals surface area contributed by atoms with Gasteiger partial charge in [0, 0.05) is 31.4 Å². The second-order valence-electron chi connectivity index (χ2n) is 7.46. The molecule has 0 N–H and O–H groups in total. The first-order valence-electron chi connectivity index (χ1n) is 9.24. The molecule has 1 amide bonds. The van der Waals surface area contributed by atoms with Gasteiger partial charge in [-0.2, -0.15) is 0 Å². The summed E-state index contributed by atoms with van der Waals surface area (Å²) in [5, 5.41) is 12.6. The van der Waals surface area contributed by atoms with Gasteiger partial charge in [0.05, 0.1) is 10.0 Å². The predicted octanol–water partition coefficient (Wildman–Crippen LogP) is 4.05. The second kappa shape index (κ2) is 7.70. The van der Waals surface area contributed by atoms with Crippen LogP contribution in [0.3, 0.4) is 0 Å². The minimum Gasteiger partial charge on any atom is -0.530 e. The van der Waals surface area contributed by atoms with E-state index < -0.39 is 6.09 Å². The van der Waals surface area contributed by atoms with Gasteiger partial charge in [-0.15, -0.1) is 0 Å². The normalized spacial score (nSPS) is 24.3. The lowest BCUT2D eigenvalue weighted by atomic mass is 9.97. The number of hydrogen-bond donors (Lipinski definition) is 0. The highest BCUT2D eigenvalue weighted by atomic mass is 35.5. The van der Waals surface area contributed by atoms with E-state index in [4.69, 9.17) is 23.2 Å². The Morgan fingerprint density at radius 2 is 1.89 bits per heavy atom. The molecule has 1 aliphatic carbocycles. The van der Waals surface area contributed by atoms with Crippen molar-refractivity contribution in [2.75, 3.05) is 18.0 Å². The average Bonchev–Trinajstić information content (AvgIpc) is 3.19. The molecule has 4 nitrogen and oxygen atoms in total. The Morgan fingerprint density at radius 1 is 1.11 bits per heavy atom. The van der Waals surface area contributed by atoms with Crippen molar-refractivity contribution in [3.63, 3.8) is 0 Å². The SMILES string of the molecule is O=C([O-])N(CC1C2CCC1N(Cc1ccccc1)C2)c1ccc(Cl)c(Cl)c1. The summed E-state index contributed by atoms with van der Waals surface area (Å²) in [5.74, 6) is 0.824. The Balaban J connectivity index is 1.50. The molecule has 4 rings (SSSR count). The van der Waals surface area contributed by atoms with E-state index in [-0.39, 0.29) is 0 Å². The number of carbonyl (C=O) groups excluding carboxylic acids is 1. The standard InChI is InChI=1S/C21H22Cl2N2O2/c22-18-8-7-16(10-19(18)23)25(21(26)27)13-17-15-6-9-20(17)24(12-15)11-14-4-2-1-3-5-14/h1-5,7-8,10,15,17,20H,6,9,11-13H2,(H,26,27)/p-1. The Hall–Kier alpha value is -1.75. The van der Waals surface area contributed by atoms with Gasteiger partial charge in [0.15, 0.2) is 0 Å². The summed E-state index contributed by atoms with van der Waals surface area (Å²) >= 11 is 12.0. The van der Waals surface area contributed by atoms with Gasteiger partial charge in [-0.25, -0.2) is 0 Å². The van der Waals surface area contributed by atoms with Gasteiger partial charge in [0.2, 0.25) is 0 Å². The molecule has 2 bridgehead atoms. The lowest BCUT2D eigenvalue weighted by molar-refractivity contribution is -0.246. The van der Waals surface area contributed by atoms with Crippen LogP contribution in [0.1, 0.15) is 18.4 Å². The molecule has 0 radical (unpaired) electrons. The zero-order valence-electron chi connectivity index (χ0n) is 14.9. The summed E-state index contributed by atoms with van der Waals surface area (Å²) < 4.78 is 0. The number of amides is 1. The van der Waals surface area contributed by atoms with Crippen molar-refractivity contribution in [2.24, 2.45) is 11.8 Å². The van der Waals surface area contributed by atoms with Crippen LogP contribution in [0.25, 0.3) is 0 Å². The van der Waals surface area contributed by atoms with E-state index in [9.17, 15) is 9.90 Å². The van der Waals surface area contributed by atoms with Gasteiger partial charge >= 0.3 is 0 Å². The lowest BCUT2D eigenvalue weighted by Crippen LogP contribution is -2.46. The number of benzene rings is 2. The summed E-state index contributed by atoms with van der Waals surface area (Å²) in [4.78, 5) is 15.6. The van der Waals surface area contributed by atoms with Crippen LogP contribution >= 0.6 is 23.2 Å². The number of carbonyl (C=O) groups is 1. The molecule has 0 aromatic heterocycles. The Labute approximate surface area is 169 Å². The van der Waals surface area contributed by atoms with Crippen molar-refractivity contribution in [2.45, 2.75) is 25.4 Å². The average molecular weight is 404 g/mol. The number of hydrogen-bond acceptors (Lipinski definition) is 3. The fourth-order valence-electron chi connectivity index (χ4n) is 4.66. The fraction of sp³-hybridized carbons (Fsp3) is 0.381. The molecule has 2 fully saturated rings. The van der Waals surface area contributed by atoms with Crippen LogP contribution in [0.4, 0.5) is 10.5 Å². The molecule has 1 saturated heterocycles. The molecule has 2 aromatic carbocycles. The van der Waals surface area contributed by atoms with E-state index in [0.29, 0.717) is 40.2 Å². The summed E-state index contributed by atoms with van der Waals surface area (Å²) in [6.07, 6.45) is 1.07. The van der Waals surface area contributed by atoms with Gasteiger partial charge in [-0.1, -0.05) is 53.5 Å². The molecule has 6 heteroatoms. The fourth-order valence-corrected chi connectivity index (χ4v) is 4.96. The van der Waals surface area contributed by atoms with E-state index in [0.717, 1.165) is 25.9 Å². The minimum absolute atomic E-state index is 0.307. The lowest BCUT2D eigenvalue weighted by Gasteiger charge is -2.31. The quantitative estimate of drug-likeness (QED) is 0.755. The number of anilines is 1. The Morgan fingerprint density at radius 3 is 2.59 bits per heavy atom. The first-order chi connectivity index (χ1) is 13.0. The van der Waals surface area contributed by atoms with Crippen molar-refractivity contribution < 1.29 is 9.90 Å². The van der Waals surface area contributed by atoms with E-state index >= 15 is 0 Å². The van der Waals surface area contributed by atoms with Crippen LogP contribution in [-0.2, 0) is 6.54 Å². The van der Waals surface area contributed by atoms with Crippen LogP contribution in [0.5, 0.6) is 0 Å². The summed E-state index contributed by atoms with van der Waals surface area (Å²) in [6, 6.07) is 15.7. The van der Waals surface area contributed by atoms with Gasteiger partial charge in [0.1, 0.15) is 6.09 Å². The van der Waals surface area contributed by atoms with Crippen LogP contribution in [-0.4, -0.2) is 30.1 Å². The third kappa shape index (κ3) is 3.79. The van der Waals surface area contributed by atoms with Crippen LogP contribution in [0.15, 0.2) is 48.5 Å². The van der Waals surface area contributed by atoms with Crippen LogP contribution in [0, 0.1) is 11.8 Å². The Kier molecular flexibility index (Phi) is 5.31. The van der Waals surface area contributed by atoms with E-state index in [1.165, 1.54) is 10.5 Å². The summed E-state index contributed by atoms with van der Waals surface area (Å²) in [7, 11) is 0. The van der Waals surface area contributed by atoms with Gasteiger partial charge < -0.3 is 14.8 Å². The second-order valence-corrected chi connectivity index (χ2v) is 8.27. The smallest absolute Gasteiger partial charge is 0.141 e. The zero-order valence-corrected chi connectivity index (χ0v) is 16.4. The molecule has 3 atom stereocenters. The monoisotopic (exact) mass is 403 g/mol. The predicted molar refractivity (Wildman–Crippen MR) is 106 cm³/mol. The third-order valence-electron chi connectivity index (χ3n) is 5.93. The number of piperidine rings is 1. The molecular weight excluding hydrogens is 383 g/mol. The highest BCUT2D eigenvalue weighted by molar-refractivity contribution is 6.42. The first-order valence-corrected chi connectivity index (χ1v) is 10.00. The highest BCUT2D eigenvalue weighted by Gasteiger charge is 2.47. The van der Waals surface area contributed by atoms with Gasteiger partial charge in [-0.05, 0) is 48.4 Å². The highest BCUT2D eigenvalue weighted by Crippen LogP contribution is 2.44. The maximum Gasteiger partial charge on any atom is 0.141 e. The van der Waals surface area contributed by atoms with E-state index in [2.05, 4.69) is 29.2 Å². The first kappa shape index (κ1) is 18.6. The largest absolute Gasteiger partial charge is 0.530 e. The number of fused-ring (bicyclic) bond motifs is 2. The van der Waals surface area contributed by atoms with Crippen molar-refractivity contribution in [3.05, 3.63) is 64.1 Å². The number of carboxylic acid groups (broad SMARTS) is 1. The van der Waals surface area contributed by atoms with Gasteiger partial charge in [-0.3, -0.25) is 4.90 Å². The van der Waals surface area contributed by atoms with Crippen LogP contribution < -0.4 is 10.0 Å². The van der Waals surface area contributed by atoms with Crippen molar-refractivity contribution in [3.8, 4) is 0 Å². The molecule has 1 aliphatic heterocycles. The number of likely N-dealkylation sites (tertiary alicyclic amines) is 1. The molecule has 3 unspecified atom stereocenters. The molecule has 142 valence electrons. The summed E-state index contributed by atoms with van der Waals surface area (Å²) in [5.41, 5.74) is 1.82.